The van der Waals surface area contributed by atoms with E-state index in [2.05, 4.69) is 10.3 Å². The zero-order valence-electron chi connectivity index (χ0n) is 18.1. The molecule has 2 heterocycles. The van der Waals surface area contributed by atoms with Crippen molar-refractivity contribution in [3.63, 3.8) is 0 Å². The summed E-state index contributed by atoms with van der Waals surface area (Å²) in [6.45, 7) is -0.340. The molecule has 1 atom stereocenters. The zero-order valence-corrected chi connectivity index (χ0v) is 18.9. The zero-order chi connectivity index (χ0) is 23.2. The van der Waals surface area contributed by atoms with E-state index in [-0.39, 0.29) is 11.4 Å². The number of aryl methyl sites for hydroxylation is 1. The van der Waals surface area contributed by atoms with Crippen molar-refractivity contribution in [1.29, 1.82) is 0 Å². The predicted molar refractivity (Wildman–Crippen MR) is 125 cm³/mol. The number of nitrogens with zero attached hydrogens (tertiary/aromatic N) is 3. The Labute approximate surface area is 191 Å². The third-order valence-corrected chi connectivity index (χ3v) is 7.64. The van der Waals surface area contributed by atoms with Crippen LogP contribution in [0.1, 0.15) is 17.4 Å². The largest absolute Gasteiger partial charge is 0.497 e. The van der Waals surface area contributed by atoms with Crippen LogP contribution in [0.25, 0.3) is 10.8 Å². The van der Waals surface area contributed by atoms with Crippen molar-refractivity contribution >= 4 is 32.4 Å². The van der Waals surface area contributed by atoms with Crippen LogP contribution in [0.4, 0.5) is 5.69 Å². The molecule has 3 aromatic carbocycles. The van der Waals surface area contributed by atoms with Crippen LogP contribution in [0.2, 0.25) is 0 Å². The first-order valence-corrected chi connectivity index (χ1v) is 11.8. The lowest BCUT2D eigenvalue weighted by Crippen LogP contribution is -2.41. The summed E-state index contributed by atoms with van der Waals surface area (Å²) < 4.78 is 34.7. The average Bonchev–Trinajstić information content (AvgIpc) is 3.33. The quantitative estimate of drug-likeness (QED) is 0.476. The molecule has 0 spiro atoms. The van der Waals surface area contributed by atoms with E-state index in [1.807, 2.05) is 35.9 Å². The first-order valence-electron chi connectivity index (χ1n) is 10.3. The Kier molecular flexibility index (Phi) is 5.05. The van der Waals surface area contributed by atoms with Crippen LogP contribution in [-0.4, -0.2) is 37.5 Å². The third kappa shape index (κ3) is 3.50. The molecular formula is C24H22N4O4S. The summed E-state index contributed by atoms with van der Waals surface area (Å²) in [7, 11) is -0.404. The number of rotatable bonds is 6. The molecule has 0 aliphatic carbocycles. The van der Waals surface area contributed by atoms with E-state index < -0.39 is 22.0 Å². The fourth-order valence-electron chi connectivity index (χ4n) is 4.21. The van der Waals surface area contributed by atoms with E-state index >= 15 is 0 Å². The van der Waals surface area contributed by atoms with E-state index in [1.165, 1.54) is 4.31 Å². The van der Waals surface area contributed by atoms with Crippen LogP contribution in [-0.2, 0) is 21.9 Å². The molecule has 1 aliphatic rings. The number of anilines is 1. The number of aromatic nitrogens is 2. The van der Waals surface area contributed by atoms with Crippen molar-refractivity contribution in [2.24, 2.45) is 7.05 Å². The maximum atomic E-state index is 13.2. The normalized spacial score (nSPS) is 14.9. The Morgan fingerprint density at radius 3 is 2.48 bits per heavy atom. The van der Waals surface area contributed by atoms with Crippen LogP contribution in [0.5, 0.6) is 5.75 Å². The van der Waals surface area contributed by atoms with Crippen molar-refractivity contribution in [3.8, 4) is 5.75 Å². The standard InChI is InChI=1S/C24H22N4O4S/c1-27-14-13-25-24(27)23(17-9-11-18(32-2)12-10-17)26-21(29)15-28-19-7-3-5-16-6-4-8-20(22(16)19)33(28,30)31/h3-14,23H,15H2,1-2H3,(H,26,29)/t23-/m0/s1. The van der Waals surface area contributed by atoms with Gasteiger partial charge in [-0.25, -0.2) is 13.4 Å². The number of carbonyl (C=O) groups is 1. The molecule has 4 aromatic rings. The van der Waals surface area contributed by atoms with Crippen LogP contribution >= 0.6 is 0 Å². The molecule has 1 aromatic heterocycles. The number of imidazole rings is 1. The Morgan fingerprint density at radius 1 is 1.09 bits per heavy atom. The highest BCUT2D eigenvalue weighted by atomic mass is 32.2. The SMILES string of the molecule is COc1ccc([C@H](NC(=O)CN2c3cccc4cccc(c34)S2(=O)=O)c2nccn2C)cc1. The summed E-state index contributed by atoms with van der Waals surface area (Å²) in [5, 5.41) is 4.43. The lowest BCUT2D eigenvalue weighted by molar-refractivity contribution is -0.120. The van der Waals surface area contributed by atoms with Crippen LogP contribution in [0.15, 0.2) is 78.0 Å². The minimum absolute atomic E-state index is 0.221. The number of ether oxygens (including phenoxy) is 1. The number of benzene rings is 3. The smallest absolute Gasteiger partial charge is 0.265 e. The highest BCUT2D eigenvalue weighted by Crippen LogP contribution is 2.41. The summed E-state index contributed by atoms with van der Waals surface area (Å²) in [6, 6.07) is 17.3. The molecule has 0 unspecified atom stereocenters. The van der Waals surface area contributed by atoms with E-state index in [4.69, 9.17) is 4.74 Å². The van der Waals surface area contributed by atoms with Gasteiger partial charge < -0.3 is 14.6 Å². The third-order valence-electron chi connectivity index (χ3n) is 5.84. The molecule has 1 aliphatic heterocycles. The second kappa shape index (κ2) is 7.93. The molecule has 0 bridgehead atoms. The Bertz CT molecular complexity index is 1460. The molecule has 9 heteroatoms. The lowest BCUT2D eigenvalue weighted by Gasteiger charge is -2.22. The predicted octanol–water partition coefficient (Wildman–Crippen LogP) is 3.00. The molecule has 1 N–H and O–H groups in total. The molecule has 0 fully saturated rings. The van der Waals surface area contributed by atoms with Gasteiger partial charge in [-0.05, 0) is 35.2 Å². The molecule has 0 radical (unpaired) electrons. The van der Waals surface area contributed by atoms with Gasteiger partial charge >= 0.3 is 0 Å². The van der Waals surface area contributed by atoms with Crippen LogP contribution in [0.3, 0.4) is 0 Å². The van der Waals surface area contributed by atoms with Gasteiger partial charge in [0.1, 0.15) is 24.2 Å². The van der Waals surface area contributed by atoms with Crippen molar-refractivity contribution in [1.82, 2.24) is 14.9 Å². The fourth-order valence-corrected chi connectivity index (χ4v) is 5.88. The topological polar surface area (TPSA) is 93.5 Å². The van der Waals surface area contributed by atoms with E-state index in [1.54, 1.807) is 55.9 Å². The van der Waals surface area contributed by atoms with Gasteiger partial charge in [0.2, 0.25) is 5.91 Å². The first kappa shape index (κ1) is 21.0. The summed E-state index contributed by atoms with van der Waals surface area (Å²) >= 11 is 0. The van der Waals surface area contributed by atoms with Gasteiger partial charge in [-0.15, -0.1) is 0 Å². The van der Waals surface area contributed by atoms with Gasteiger partial charge in [0.25, 0.3) is 10.0 Å². The average molecular weight is 463 g/mol. The number of nitrogens with one attached hydrogen (secondary N) is 1. The minimum Gasteiger partial charge on any atom is -0.497 e. The lowest BCUT2D eigenvalue weighted by atomic mass is 10.1. The molecule has 33 heavy (non-hydrogen) atoms. The molecular weight excluding hydrogens is 440 g/mol. The highest BCUT2D eigenvalue weighted by molar-refractivity contribution is 7.93. The number of carbonyl (C=O) groups excluding carboxylic acids is 1. The molecule has 0 saturated heterocycles. The van der Waals surface area contributed by atoms with E-state index in [0.29, 0.717) is 22.6 Å². The van der Waals surface area contributed by atoms with Gasteiger partial charge in [0, 0.05) is 24.8 Å². The fraction of sp³-hybridized carbons (Fsp3) is 0.167. The summed E-state index contributed by atoms with van der Waals surface area (Å²) in [4.78, 5) is 17.8. The summed E-state index contributed by atoms with van der Waals surface area (Å²) in [6.07, 6.45) is 3.45. The first-order chi connectivity index (χ1) is 15.9. The van der Waals surface area contributed by atoms with Crippen LogP contribution in [0, 0.1) is 0 Å². The van der Waals surface area contributed by atoms with Gasteiger partial charge in [-0.1, -0.05) is 36.4 Å². The van der Waals surface area contributed by atoms with Crippen LogP contribution < -0.4 is 14.4 Å². The summed E-state index contributed by atoms with van der Waals surface area (Å²) in [5.74, 6) is 0.882. The van der Waals surface area contributed by atoms with Crippen molar-refractivity contribution < 1.29 is 17.9 Å². The van der Waals surface area contributed by atoms with Crippen molar-refractivity contribution in [2.75, 3.05) is 18.0 Å². The van der Waals surface area contributed by atoms with E-state index in [0.717, 1.165) is 10.9 Å². The Morgan fingerprint density at radius 2 is 1.82 bits per heavy atom. The number of sulfonamides is 1. The number of amides is 1. The van der Waals surface area contributed by atoms with Crippen molar-refractivity contribution in [2.45, 2.75) is 10.9 Å². The van der Waals surface area contributed by atoms with E-state index in [9.17, 15) is 13.2 Å². The number of hydrogen-bond donors (Lipinski definition) is 1. The number of methoxy groups -OCH3 is 1. The van der Waals surface area contributed by atoms with Gasteiger partial charge in [-0.2, -0.15) is 0 Å². The van der Waals surface area contributed by atoms with Gasteiger partial charge in [0.15, 0.2) is 0 Å². The van der Waals surface area contributed by atoms with Crippen molar-refractivity contribution in [3.05, 3.63) is 84.4 Å². The minimum atomic E-state index is -3.83. The molecule has 168 valence electrons. The van der Waals surface area contributed by atoms with Gasteiger partial charge in [0.05, 0.1) is 17.7 Å². The number of hydrogen-bond acceptors (Lipinski definition) is 5. The molecule has 5 rings (SSSR count). The molecule has 1 amide bonds. The second-order valence-corrected chi connectivity index (χ2v) is 9.64. The Hall–Kier alpha value is -3.85. The molecule has 8 nitrogen and oxygen atoms in total. The molecule has 0 saturated carbocycles. The maximum absolute atomic E-state index is 13.2. The Balaban J connectivity index is 1.46. The van der Waals surface area contributed by atoms with Gasteiger partial charge in [-0.3, -0.25) is 9.10 Å². The summed E-state index contributed by atoms with van der Waals surface area (Å²) in [5.41, 5.74) is 1.31. The monoisotopic (exact) mass is 462 g/mol. The maximum Gasteiger partial charge on any atom is 0.265 e. The second-order valence-electron chi connectivity index (χ2n) is 7.81. The highest BCUT2D eigenvalue weighted by Gasteiger charge is 2.37.